The van der Waals surface area contributed by atoms with E-state index in [4.69, 9.17) is 12.2 Å². The number of carbonyl (C=O) groups is 2. The number of nitrogens with zero attached hydrogens (tertiary/aromatic N) is 3. The van der Waals surface area contributed by atoms with Crippen LogP contribution < -0.4 is 10.5 Å². The van der Waals surface area contributed by atoms with Gasteiger partial charge in [-0.15, -0.1) is 0 Å². The number of aromatic nitrogens is 2. The number of piperazine rings is 1. The largest absolute Gasteiger partial charge is 0.368 e. The number of nitrogens with one attached hydrogen (secondary N) is 1. The monoisotopic (exact) mass is 504 g/mol. The number of ketones is 1. The summed E-state index contributed by atoms with van der Waals surface area (Å²) in [6.07, 6.45) is 3.56. The molecule has 2 aliphatic rings. The van der Waals surface area contributed by atoms with Gasteiger partial charge in [-0.25, -0.2) is 0 Å². The minimum absolute atomic E-state index is 0.0404. The van der Waals surface area contributed by atoms with Gasteiger partial charge in [-0.2, -0.15) is 0 Å². The highest BCUT2D eigenvalue weighted by molar-refractivity contribution is 7.71. The Morgan fingerprint density at radius 3 is 2.28 bits per heavy atom. The van der Waals surface area contributed by atoms with E-state index in [0.29, 0.717) is 22.6 Å². The molecule has 5 rings (SSSR count). The fourth-order valence-corrected chi connectivity index (χ4v) is 5.83. The number of hydrogen-bond acceptors (Lipinski definition) is 5. The van der Waals surface area contributed by atoms with Gasteiger partial charge >= 0.3 is 0 Å². The minimum atomic E-state index is -0.0404. The standard InChI is InChI=1S/C28H32N4O3S/c1-19(33)21-10-12-23(13-11-21)30-14-16-31(17-15-30)26(34)22-8-6-20(7-9-22)18-32-27(35)24-4-2-3-5-25(24)29-28(32)36/h2-5,10-13,20,22H,6-9,14-18H2,1H3,(H,29,36). The quantitative estimate of drug-likeness (QED) is 0.411. The van der Waals surface area contributed by atoms with Crippen molar-refractivity contribution in [3.8, 4) is 0 Å². The number of carbonyl (C=O) groups excluding carboxylic acids is 2. The van der Waals surface area contributed by atoms with E-state index in [2.05, 4.69) is 9.88 Å². The SMILES string of the molecule is CC(=O)c1ccc(N2CCN(C(=O)C3CCC(Cn4c(=S)[nH]c5ccccc5c4=O)CC3)CC2)cc1. The summed E-state index contributed by atoms with van der Waals surface area (Å²) in [4.78, 5) is 45.2. The van der Waals surface area contributed by atoms with Crippen molar-refractivity contribution in [2.24, 2.45) is 11.8 Å². The van der Waals surface area contributed by atoms with Crippen LogP contribution in [0.5, 0.6) is 0 Å². The normalized spacial score (nSPS) is 20.5. The molecule has 1 aliphatic carbocycles. The summed E-state index contributed by atoms with van der Waals surface area (Å²) in [6, 6.07) is 15.2. The maximum Gasteiger partial charge on any atom is 0.262 e. The average molecular weight is 505 g/mol. The molecule has 36 heavy (non-hydrogen) atoms. The zero-order valence-electron chi connectivity index (χ0n) is 20.6. The predicted molar refractivity (Wildman–Crippen MR) is 144 cm³/mol. The van der Waals surface area contributed by atoms with E-state index in [1.807, 2.05) is 53.4 Å². The highest BCUT2D eigenvalue weighted by Crippen LogP contribution is 2.31. The lowest BCUT2D eigenvalue weighted by molar-refractivity contribution is -0.137. The van der Waals surface area contributed by atoms with Crippen LogP contribution in [0.4, 0.5) is 5.69 Å². The zero-order valence-corrected chi connectivity index (χ0v) is 21.4. The molecule has 0 atom stereocenters. The molecule has 3 aromatic rings. The van der Waals surface area contributed by atoms with Crippen LogP contribution in [0.1, 0.15) is 43.0 Å². The summed E-state index contributed by atoms with van der Waals surface area (Å²) in [7, 11) is 0. The van der Waals surface area contributed by atoms with Crippen LogP contribution in [-0.4, -0.2) is 52.3 Å². The third-order valence-corrected chi connectivity index (χ3v) is 8.08. The highest BCUT2D eigenvalue weighted by Gasteiger charge is 2.31. The van der Waals surface area contributed by atoms with Gasteiger partial charge in [0.1, 0.15) is 0 Å². The zero-order chi connectivity index (χ0) is 25.2. The number of fused-ring (bicyclic) bond motifs is 1. The number of aromatic amines is 1. The number of hydrogen-bond donors (Lipinski definition) is 1. The fourth-order valence-electron chi connectivity index (χ4n) is 5.57. The van der Waals surface area contributed by atoms with Crippen LogP contribution >= 0.6 is 12.2 Å². The average Bonchev–Trinajstić information content (AvgIpc) is 2.91. The maximum absolute atomic E-state index is 13.2. The summed E-state index contributed by atoms with van der Waals surface area (Å²) in [6.45, 7) is 5.20. The molecule has 2 heterocycles. The second-order valence-electron chi connectivity index (χ2n) is 10.0. The Balaban J connectivity index is 1.14. The molecule has 0 bridgehead atoms. The van der Waals surface area contributed by atoms with E-state index >= 15 is 0 Å². The Morgan fingerprint density at radius 1 is 0.944 bits per heavy atom. The van der Waals surface area contributed by atoms with Crippen molar-refractivity contribution < 1.29 is 9.59 Å². The summed E-state index contributed by atoms with van der Waals surface area (Å²) in [5, 5.41) is 0.656. The molecule has 0 radical (unpaired) electrons. The van der Waals surface area contributed by atoms with Crippen LogP contribution in [0.25, 0.3) is 10.9 Å². The second-order valence-corrected chi connectivity index (χ2v) is 10.4. The lowest BCUT2D eigenvalue weighted by atomic mass is 9.81. The van der Waals surface area contributed by atoms with Gasteiger partial charge in [-0.3, -0.25) is 19.0 Å². The lowest BCUT2D eigenvalue weighted by Gasteiger charge is -2.39. The summed E-state index contributed by atoms with van der Waals surface area (Å²) in [5.74, 6) is 0.738. The number of para-hydroxylation sites is 1. The molecular formula is C28H32N4O3S. The summed E-state index contributed by atoms with van der Waals surface area (Å²) in [5.41, 5.74) is 2.54. The van der Waals surface area contributed by atoms with E-state index in [9.17, 15) is 14.4 Å². The van der Waals surface area contributed by atoms with Crippen molar-refractivity contribution >= 4 is 40.5 Å². The Labute approximate surface area is 215 Å². The van der Waals surface area contributed by atoms with Crippen molar-refractivity contribution in [1.82, 2.24) is 14.5 Å². The van der Waals surface area contributed by atoms with E-state index in [1.165, 1.54) is 0 Å². The number of amides is 1. The molecule has 8 heteroatoms. The second kappa shape index (κ2) is 10.4. The van der Waals surface area contributed by atoms with Crippen LogP contribution in [0.15, 0.2) is 53.3 Å². The molecule has 7 nitrogen and oxygen atoms in total. The molecule has 1 N–H and O–H groups in total. The Bertz CT molecular complexity index is 1380. The van der Waals surface area contributed by atoms with E-state index < -0.39 is 0 Å². The van der Waals surface area contributed by atoms with Gasteiger partial charge in [0.2, 0.25) is 5.91 Å². The molecule has 0 unspecified atom stereocenters. The number of H-pyrrole nitrogens is 1. The van der Waals surface area contributed by atoms with Crippen molar-refractivity contribution in [3.63, 3.8) is 0 Å². The third-order valence-electron chi connectivity index (χ3n) is 7.76. The number of anilines is 1. The summed E-state index contributed by atoms with van der Waals surface area (Å²) < 4.78 is 2.15. The van der Waals surface area contributed by atoms with Crippen LogP contribution in [0, 0.1) is 16.6 Å². The summed E-state index contributed by atoms with van der Waals surface area (Å²) >= 11 is 5.48. The molecule has 0 spiro atoms. The Morgan fingerprint density at radius 2 is 1.61 bits per heavy atom. The first kappa shape index (κ1) is 24.4. The van der Waals surface area contributed by atoms with E-state index in [0.717, 1.165) is 68.6 Å². The predicted octanol–water partition coefficient (Wildman–Crippen LogP) is 4.42. The molecule has 188 valence electrons. The van der Waals surface area contributed by atoms with Crippen LogP contribution in [-0.2, 0) is 11.3 Å². The number of Topliss-reactive ketones (excluding diaryl/α,β-unsaturated/α-hetero) is 1. The number of rotatable bonds is 5. The molecule has 1 aromatic heterocycles. The first-order valence-corrected chi connectivity index (χ1v) is 13.2. The Hall–Kier alpha value is -3.26. The van der Waals surface area contributed by atoms with Gasteiger partial charge in [0.25, 0.3) is 5.56 Å². The highest BCUT2D eigenvalue weighted by atomic mass is 32.1. The molecule has 1 saturated heterocycles. The molecule has 2 aromatic carbocycles. The van der Waals surface area contributed by atoms with E-state index in [-0.39, 0.29) is 23.2 Å². The van der Waals surface area contributed by atoms with Crippen LogP contribution in [0.2, 0.25) is 0 Å². The molecule has 1 amide bonds. The topological polar surface area (TPSA) is 78.4 Å². The number of benzene rings is 2. The Kier molecular flexibility index (Phi) is 7.05. The third kappa shape index (κ3) is 5.00. The van der Waals surface area contributed by atoms with Gasteiger partial charge < -0.3 is 14.8 Å². The first-order valence-electron chi connectivity index (χ1n) is 12.8. The smallest absolute Gasteiger partial charge is 0.262 e. The maximum atomic E-state index is 13.2. The van der Waals surface area contributed by atoms with Gasteiger partial charge in [-0.05, 0) is 87.1 Å². The molecule has 1 saturated carbocycles. The fraction of sp³-hybridized carbons (Fsp3) is 0.429. The molecular weight excluding hydrogens is 472 g/mol. The van der Waals surface area contributed by atoms with E-state index in [1.54, 1.807) is 11.5 Å². The van der Waals surface area contributed by atoms with Crippen molar-refractivity contribution in [2.75, 3.05) is 31.1 Å². The lowest BCUT2D eigenvalue weighted by Crippen LogP contribution is -2.50. The van der Waals surface area contributed by atoms with Gasteiger partial charge in [-0.1, -0.05) is 12.1 Å². The van der Waals surface area contributed by atoms with Crippen molar-refractivity contribution in [3.05, 3.63) is 69.2 Å². The van der Waals surface area contributed by atoms with Gasteiger partial charge in [0.15, 0.2) is 10.6 Å². The minimum Gasteiger partial charge on any atom is -0.368 e. The first-order chi connectivity index (χ1) is 17.4. The van der Waals surface area contributed by atoms with Crippen molar-refractivity contribution in [2.45, 2.75) is 39.2 Å². The molecule has 1 aliphatic heterocycles. The molecule has 2 fully saturated rings. The van der Waals surface area contributed by atoms with Gasteiger partial charge in [0, 0.05) is 49.9 Å². The van der Waals surface area contributed by atoms with Crippen LogP contribution in [0.3, 0.4) is 0 Å². The van der Waals surface area contributed by atoms with Gasteiger partial charge in [0.05, 0.1) is 10.9 Å². The van der Waals surface area contributed by atoms with Crippen molar-refractivity contribution in [1.29, 1.82) is 0 Å².